The first-order valence-electron chi connectivity index (χ1n) is 7.07. The van der Waals surface area contributed by atoms with Crippen LogP contribution in [0.4, 0.5) is 0 Å². The van der Waals surface area contributed by atoms with Crippen molar-refractivity contribution in [1.29, 1.82) is 0 Å². The Morgan fingerprint density at radius 2 is 1.74 bits per heavy atom. The van der Waals surface area contributed by atoms with Crippen LogP contribution in [0.5, 0.6) is 0 Å². The van der Waals surface area contributed by atoms with E-state index in [0.717, 1.165) is 0 Å². The van der Waals surface area contributed by atoms with E-state index in [2.05, 4.69) is 6.58 Å². The average molecular weight is 340 g/mol. The lowest BCUT2D eigenvalue weighted by Crippen LogP contribution is -2.16. The number of rotatable bonds is 9. The zero-order valence-electron chi connectivity index (χ0n) is 13.3. The molecule has 6 nitrogen and oxygen atoms in total. The molecule has 0 radical (unpaired) electrons. The SMILES string of the molecule is C=C(C)C(=O)OCCOC(=O)CCP(=O)(OC)c1ccccc1. The van der Waals surface area contributed by atoms with Crippen LogP contribution in [-0.4, -0.2) is 38.4 Å². The molecule has 0 fully saturated rings. The molecule has 1 atom stereocenters. The molecule has 0 bridgehead atoms. The van der Waals surface area contributed by atoms with Gasteiger partial charge in [0.2, 0.25) is 7.37 Å². The largest absolute Gasteiger partial charge is 0.462 e. The number of hydrogen-bond donors (Lipinski definition) is 0. The number of benzene rings is 1. The molecule has 0 aliphatic carbocycles. The molecule has 1 aromatic rings. The van der Waals surface area contributed by atoms with E-state index in [1.165, 1.54) is 14.0 Å². The van der Waals surface area contributed by atoms with E-state index < -0.39 is 19.3 Å². The fraction of sp³-hybridized carbons (Fsp3) is 0.375. The van der Waals surface area contributed by atoms with Gasteiger partial charge in [0.05, 0.1) is 6.42 Å². The van der Waals surface area contributed by atoms with E-state index in [1.807, 2.05) is 6.07 Å². The Bertz CT molecular complexity index is 596. The molecule has 0 aliphatic heterocycles. The predicted octanol–water partition coefficient (Wildman–Crippen LogP) is 2.29. The summed E-state index contributed by atoms with van der Waals surface area (Å²) in [7, 11) is -1.71. The molecule has 0 saturated heterocycles. The molecule has 1 rings (SSSR count). The van der Waals surface area contributed by atoms with Crippen molar-refractivity contribution in [2.75, 3.05) is 26.5 Å². The van der Waals surface area contributed by atoms with E-state index in [-0.39, 0.29) is 31.4 Å². The van der Waals surface area contributed by atoms with Crippen LogP contribution in [0.3, 0.4) is 0 Å². The smallest absolute Gasteiger partial charge is 0.333 e. The first-order valence-corrected chi connectivity index (χ1v) is 8.88. The third-order valence-corrected chi connectivity index (χ3v) is 5.47. The van der Waals surface area contributed by atoms with Gasteiger partial charge < -0.3 is 14.0 Å². The van der Waals surface area contributed by atoms with Gasteiger partial charge in [-0.15, -0.1) is 0 Å². The molecule has 0 spiro atoms. The standard InChI is InChI=1S/C16H21O6P/c1-13(2)16(18)22-11-10-21-15(17)9-12-23(19,20-3)14-7-5-4-6-8-14/h4-8H,1,9-12H2,2-3H3. The summed E-state index contributed by atoms with van der Waals surface area (Å²) in [5.74, 6) is -1.06. The molecule has 0 saturated carbocycles. The van der Waals surface area contributed by atoms with Crippen LogP contribution in [0.15, 0.2) is 42.5 Å². The molecule has 1 aromatic carbocycles. The van der Waals surface area contributed by atoms with E-state index in [0.29, 0.717) is 5.30 Å². The lowest BCUT2D eigenvalue weighted by atomic mass is 10.4. The topological polar surface area (TPSA) is 78.9 Å². The van der Waals surface area contributed by atoms with Gasteiger partial charge in [0.1, 0.15) is 13.2 Å². The molecular formula is C16H21O6P. The molecule has 0 aromatic heterocycles. The van der Waals surface area contributed by atoms with Crippen LogP contribution < -0.4 is 5.30 Å². The normalized spacial score (nSPS) is 13.0. The monoisotopic (exact) mass is 340 g/mol. The van der Waals surface area contributed by atoms with Gasteiger partial charge in [0.25, 0.3) is 0 Å². The summed E-state index contributed by atoms with van der Waals surface area (Å²) in [5, 5.41) is 0.561. The highest BCUT2D eigenvalue weighted by molar-refractivity contribution is 7.67. The van der Waals surface area contributed by atoms with Gasteiger partial charge in [-0.1, -0.05) is 24.8 Å². The minimum Gasteiger partial charge on any atom is -0.462 e. The molecule has 1 unspecified atom stereocenters. The van der Waals surface area contributed by atoms with E-state index in [1.54, 1.807) is 24.3 Å². The fourth-order valence-electron chi connectivity index (χ4n) is 1.70. The summed E-state index contributed by atoms with van der Waals surface area (Å²) in [6, 6.07) is 8.73. The van der Waals surface area contributed by atoms with Crippen molar-refractivity contribution in [2.45, 2.75) is 13.3 Å². The van der Waals surface area contributed by atoms with Gasteiger partial charge in [-0.2, -0.15) is 0 Å². The lowest BCUT2D eigenvalue weighted by molar-refractivity contribution is -0.149. The Morgan fingerprint density at radius 1 is 1.13 bits per heavy atom. The Kier molecular flexibility index (Phi) is 7.72. The molecule has 0 N–H and O–H groups in total. The highest BCUT2D eigenvalue weighted by Gasteiger charge is 2.25. The van der Waals surface area contributed by atoms with Crippen LogP contribution in [0, 0.1) is 0 Å². The van der Waals surface area contributed by atoms with Gasteiger partial charge in [-0.05, 0) is 19.1 Å². The van der Waals surface area contributed by atoms with Crippen molar-refractivity contribution < 1.29 is 28.2 Å². The number of ether oxygens (including phenoxy) is 2. The third kappa shape index (κ3) is 6.38. The molecule has 0 heterocycles. The van der Waals surface area contributed by atoms with Crippen LogP contribution >= 0.6 is 7.37 Å². The van der Waals surface area contributed by atoms with Crippen LogP contribution in [0.2, 0.25) is 0 Å². The van der Waals surface area contributed by atoms with Gasteiger partial charge >= 0.3 is 11.9 Å². The fourth-order valence-corrected chi connectivity index (χ4v) is 3.46. The molecular weight excluding hydrogens is 319 g/mol. The Labute approximate surface area is 135 Å². The summed E-state index contributed by atoms with van der Waals surface area (Å²) in [5.41, 5.74) is 0.278. The number of esters is 2. The van der Waals surface area contributed by atoms with E-state index >= 15 is 0 Å². The summed E-state index contributed by atoms with van der Waals surface area (Å²) < 4.78 is 27.5. The maximum atomic E-state index is 12.7. The second kappa shape index (κ2) is 9.28. The minimum absolute atomic E-state index is 0.0436. The van der Waals surface area contributed by atoms with Gasteiger partial charge in [-0.3, -0.25) is 9.36 Å². The summed E-state index contributed by atoms with van der Waals surface area (Å²) in [6.45, 7) is 4.87. The van der Waals surface area contributed by atoms with E-state index in [4.69, 9.17) is 14.0 Å². The molecule has 126 valence electrons. The van der Waals surface area contributed by atoms with Crippen LogP contribution in [0.25, 0.3) is 0 Å². The highest BCUT2D eigenvalue weighted by Crippen LogP contribution is 2.45. The maximum absolute atomic E-state index is 12.7. The van der Waals surface area contributed by atoms with Crippen molar-refractivity contribution >= 4 is 24.6 Å². The van der Waals surface area contributed by atoms with Gasteiger partial charge in [0.15, 0.2) is 0 Å². The summed E-state index contributed by atoms with van der Waals surface area (Å²) >= 11 is 0. The molecule has 0 aliphatic rings. The van der Waals surface area contributed by atoms with E-state index in [9.17, 15) is 14.2 Å². The zero-order chi connectivity index (χ0) is 17.3. The predicted molar refractivity (Wildman–Crippen MR) is 86.9 cm³/mol. The van der Waals surface area contributed by atoms with Crippen molar-refractivity contribution in [3.05, 3.63) is 42.5 Å². The second-order valence-corrected chi connectivity index (χ2v) is 7.48. The maximum Gasteiger partial charge on any atom is 0.333 e. The Balaban J connectivity index is 2.39. The number of hydrogen-bond acceptors (Lipinski definition) is 6. The van der Waals surface area contributed by atoms with Crippen molar-refractivity contribution in [2.24, 2.45) is 0 Å². The second-order valence-electron chi connectivity index (χ2n) is 4.80. The average Bonchev–Trinajstić information content (AvgIpc) is 2.57. The number of carbonyl (C=O) groups excluding carboxylic acids is 2. The van der Waals surface area contributed by atoms with Crippen LogP contribution in [-0.2, 0) is 28.2 Å². The first-order chi connectivity index (χ1) is 10.9. The third-order valence-electron chi connectivity index (χ3n) is 2.98. The van der Waals surface area contributed by atoms with Gasteiger partial charge in [0, 0.05) is 24.1 Å². The number of carbonyl (C=O) groups is 2. The molecule has 23 heavy (non-hydrogen) atoms. The van der Waals surface area contributed by atoms with Crippen molar-refractivity contribution in [3.8, 4) is 0 Å². The van der Waals surface area contributed by atoms with Gasteiger partial charge in [-0.25, -0.2) is 4.79 Å². The quantitative estimate of drug-likeness (QED) is 0.297. The van der Waals surface area contributed by atoms with Crippen molar-refractivity contribution in [1.82, 2.24) is 0 Å². The summed E-state index contributed by atoms with van der Waals surface area (Å²) in [4.78, 5) is 22.8. The first kappa shape index (κ1) is 19.1. The Hall–Kier alpha value is -1.91. The molecule has 7 heteroatoms. The van der Waals surface area contributed by atoms with Crippen LogP contribution in [0.1, 0.15) is 13.3 Å². The van der Waals surface area contributed by atoms with Crippen molar-refractivity contribution in [3.63, 3.8) is 0 Å². The lowest BCUT2D eigenvalue weighted by Gasteiger charge is -2.16. The minimum atomic E-state index is -3.07. The Morgan fingerprint density at radius 3 is 2.30 bits per heavy atom. The molecule has 0 amide bonds. The zero-order valence-corrected chi connectivity index (χ0v) is 14.2. The highest BCUT2D eigenvalue weighted by atomic mass is 31.2. The summed E-state index contributed by atoms with van der Waals surface area (Å²) in [6.07, 6.45) is 0.00629.